The van der Waals surface area contributed by atoms with E-state index in [1.165, 1.54) is 29.2 Å². The molecule has 0 saturated carbocycles. The normalized spacial score (nSPS) is 12.0. The highest BCUT2D eigenvalue weighted by Crippen LogP contribution is 2.28. The van der Waals surface area contributed by atoms with Crippen LogP contribution in [-0.2, 0) is 32.6 Å². The first-order valence-electron chi connectivity index (χ1n) is 14.3. The summed E-state index contributed by atoms with van der Waals surface area (Å²) in [6.07, 6.45) is 0.193. The van der Waals surface area contributed by atoms with Gasteiger partial charge >= 0.3 is 0 Å². The quantitative estimate of drug-likeness (QED) is 0.164. The molecule has 2 amide bonds. The summed E-state index contributed by atoms with van der Waals surface area (Å²) in [4.78, 5) is 29.6. The molecule has 4 aromatic carbocycles. The molecular weight excluding hydrogens is 681 g/mol. The van der Waals surface area contributed by atoms with Crippen LogP contribution in [0.3, 0.4) is 0 Å². The van der Waals surface area contributed by atoms with Gasteiger partial charge in [0.1, 0.15) is 18.4 Å². The molecule has 0 unspecified atom stereocenters. The maximum Gasteiger partial charge on any atom is 0.264 e. The first kappa shape index (κ1) is 34.1. The van der Waals surface area contributed by atoms with E-state index in [1.807, 2.05) is 68.4 Å². The Morgan fingerprint density at radius 2 is 1.53 bits per heavy atom. The van der Waals surface area contributed by atoms with Crippen molar-refractivity contribution in [3.05, 3.63) is 130 Å². The Morgan fingerprint density at radius 1 is 0.889 bits per heavy atom. The summed E-state index contributed by atoms with van der Waals surface area (Å²) in [5, 5.41) is 2.66. The van der Waals surface area contributed by atoms with E-state index < -0.39 is 34.3 Å². The molecule has 0 spiro atoms. The van der Waals surface area contributed by atoms with Crippen molar-refractivity contribution in [2.45, 2.75) is 37.8 Å². The Balaban J connectivity index is 1.81. The summed E-state index contributed by atoms with van der Waals surface area (Å²) >= 11 is 9.54. The van der Waals surface area contributed by atoms with Gasteiger partial charge in [0.05, 0.1) is 15.6 Å². The zero-order valence-corrected chi connectivity index (χ0v) is 28.0. The van der Waals surface area contributed by atoms with Gasteiger partial charge in [-0.1, -0.05) is 102 Å². The average molecular weight is 715 g/mol. The summed E-state index contributed by atoms with van der Waals surface area (Å²) in [6.45, 7) is 3.68. The third-order valence-electron chi connectivity index (χ3n) is 7.00. The van der Waals surface area contributed by atoms with E-state index in [9.17, 15) is 22.4 Å². The first-order valence-corrected chi connectivity index (χ1v) is 16.9. The molecule has 0 radical (unpaired) electrons. The lowest BCUT2D eigenvalue weighted by atomic mass is 10.0. The fourth-order valence-electron chi connectivity index (χ4n) is 4.70. The Hall–Kier alpha value is -3.73. The highest BCUT2D eigenvalue weighted by molar-refractivity contribution is 9.10. The molecule has 7 nitrogen and oxygen atoms in total. The van der Waals surface area contributed by atoms with Gasteiger partial charge in [0, 0.05) is 24.0 Å². The fraction of sp³-hybridized carbons (Fsp3) is 0.235. The van der Waals surface area contributed by atoms with E-state index in [2.05, 4.69) is 21.2 Å². The number of anilines is 1. The van der Waals surface area contributed by atoms with E-state index in [-0.39, 0.29) is 40.4 Å². The van der Waals surface area contributed by atoms with Gasteiger partial charge in [0.25, 0.3) is 10.0 Å². The SMILES string of the molecule is CC(C)CNC(=O)[C@@H](Cc1ccccc1)N(Cc1cccc(Br)c1)C(=O)CN(c1ccc(F)c(Cl)c1)S(=O)(=O)c1ccccc1. The predicted molar refractivity (Wildman–Crippen MR) is 179 cm³/mol. The molecule has 4 rings (SSSR count). The Labute approximate surface area is 277 Å². The van der Waals surface area contributed by atoms with Gasteiger partial charge in [-0.05, 0) is 59.5 Å². The van der Waals surface area contributed by atoms with Crippen LogP contribution in [0.25, 0.3) is 0 Å². The van der Waals surface area contributed by atoms with Crippen molar-refractivity contribution < 1.29 is 22.4 Å². The van der Waals surface area contributed by atoms with E-state index in [1.54, 1.807) is 18.2 Å². The zero-order chi connectivity index (χ0) is 32.6. The maximum atomic E-state index is 14.4. The van der Waals surface area contributed by atoms with Gasteiger partial charge in [-0.25, -0.2) is 12.8 Å². The molecule has 11 heteroatoms. The number of hydrogen-bond donors (Lipinski definition) is 1. The fourth-order valence-corrected chi connectivity index (χ4v) is 6.75. The van der Waals surface area contributed by atoms with E-state index in [0.29, 0.717) is 6.54 Å². The van der Waals surface area contributed by atoms with Crippen molar-refractivity contribution in [3.63, 3.8) is 0 Å². The number of carbonyl (C=O) groups excluding carboxylic acids is 2. The number of hydrogen-bond acceptors (Lipinski definition) is 4. The number of rotatable bonds is 13. The molecule has 0 aliphatic heterocycles. The number of sulfonamides is 1. The van der Waals surface area contributed by atoms with Gasteiger partial charge in [-0.3, -0.25) is 13.9 Å². The minimum atomic E-state index is -4.32. The molecule has 0 heterocycles. The lowest BCUT2D eigenvalue weighted by Crippen LogP contribution is -2.53. The summed E-state index contributed by atoms with van der Waals surface area (Å²) in [5.74, 6) is -1.56. The topological polar surface area (TPSA) is 86.8 Å². The van der Waals surface area contributed by atoms with Gasteiger partial charge in [-0.15, -0.1) is 0 Å². The second-order valence-corrected chi connectivity index (χ2v) is 14.1. The molecular formula is C34H34BrClFN3O4S. The van der Waals surface area contributed by atoms with E-state index in [0.717, 1.165) is 26.0 Å². The largest absolute Gasteiger partial charge is 0.354 e. The lowest BCUT2D eigenvalue weighted by molar-refractivity contribution is -0.140. The van der Waals surface area contributed by atoms with Crippen LogP contribution in [0.1, 0.15) is 25.0 Å². The summed E-state index contributed by atoms with van der Waals surface area (Å²) in [6, 6.07) is 26.8. The Bertz CT molecular complexity index is 1730. The van der Waals surface area contributed by atoms with E-state index in [4.69, 9.17) is 11.6 Å². The second-order valence-electron chi connectivity index (χ2n) is 10.9. The van der Waals surface area contributed by atoms with Crippen LogP contribution in [0.4, 0.5) is 10.1 Å². The third-order valence-corrected chi connectivity index (χ3v) is 9.57. The highest BCUT2D eigenvalue weighted by Gasteiger charge is 2.35. The van der Waals surface area contributed by atoms with Crippen LogP contribution >= 0.6 is 27.5 Å². The summed E-state index contributed by atoms with van der Waals surface area (Å²) in [5.41, 5.74) is 1.56. The van der Waals surface area contributed by atoms with E-state index >= 15 is 0 Å². The molecule has 0 saturated heterocycles. The number of amides is 2. The number of halogens is 3. The van der Waals surface area contributed by atoms with Crippen LogP contribution in [-0.4, -0.2) is 44.3 Å². The molecule has 236 valence electrons. The number of nitrogens with zero attached hydrogens (tertiary/aromatic N) is 2. The van der Waals surface area contributed by atoms with Crippen LogP contribution in [0.15, 0.2) is 112 Å². The molecule has 0 aliphatic carbocycles. The number of carbonyl (C=O) groups is 2. The molecule has 0 bridgehead atoms. The maximum absolute atomic E-state index is 14.4. The van der Waals surface area contributed by atoms with Gasteiger partial charge in [0.2, 0.25) is 11.8 Å². The minimum Gasteiger partial charge on any atom is -0.354 e. The third kappa shape index (κ3) is 9.15. The summed E-state index contributed by atoms with van der Waals surface area (Å²) < 4.78 is 43.8. The van der Waals surface area contributed by atoms with Gasteiger partial charge in [0.15, 0.2) is 0 Å². The zero-order valence-electron chi connectivity index (χ0n) is 24.9. The molecule has 4 aromatic rings. The Morgan fingerprint density at radius 3 is 2.16 bits per heavy atom. The molecule has 1 N–H and O–H groups in total. The average Bonchev–Trinajstić information content (AvgIpc) is 3.02. The standard InChI is InChI=1S/C34H34BrClFN3O4S/c1-24(2)21-38-34(42)32(19-25-10-5-3-6-11-25)39(22-26-12-9-13-27(35)18-26)33(41)23-40(28-16-17-31(37)30(36)20-28)45(43,44)29-14-7-4-8-15-29/h3-18,20,24,32H,19,21-23H2,1-2H3,(H,38,42)/t32-/m1/s1. The highest BCUT2D eigenvalue weighted by atomic mass is 79.9. The lowest BCUT2D eigenvalue weighted by Gasteiger charge is -2.34. The minimum absolute atomic E-state index is 0.00452. The Kier molecular flexibility index (Phi) is 11.8. The van der Waals surface area contributed by atoms with Gasteiger partial charge < -0.3 is 10.2 Å². The monoisotopic (exact) mass is 713 g/mol. The van der Waals surface area contributed by atoms with Crippen molar-refractivity contribution >= 4 is 55.1 Å². The smallest absolute Gasteiger partial charge is 0.264 e. The summed E-state index contributed by atoms with van der Waals surface area (Å²) in [7, 11) is -4.32. The van der Waals surface area contributed by atoms with Gasteiger partial charge in [-0.2, -0.15) is 0 Å². The number of benzene rings is 4. The number of nitrogens with one attached hydrogen (secondary N) is 1. The van der Waals surface area contributed by atoms with Crippen molar-refractivity contribution in [2.24, 2.45) is 5.92 Å². The van der Waals surface area contributed by atoms with Crippen LogP contribution in [0, 0.1) is 11.7 Å². The molecule has 0 aromatic heterocycles. The van der Waals surface area contributed by atoms with Crippen LogP contribution < -0.4 is 9.62 Å². The predicted octanol–water partition coefficient (Wildman–Crippen LogP) is 6.85. The van der Waals surface area contributed by atoms with Crippen LogP contribution in [0.5, 0.6) is 0 Å². The van der Waals surface area contributed by atoms with Crippen molar-refractivity contribution in [3.8, 4) is 0 Å². The van der Waals surface area contributed by atoms with Crippen LogP contribution in [0.2, 0.25) is 5.02 Å². The first-order chi connectivity index (χ1) is 21.5. The molecule has 0 aliphatic rings. The van der Waals surface area contributed by atoms with Crippen molar-refractivity contribution in [2.75, 3.05) is 17.4 Å². The van der Waals surface area contributed by atoms with Crippen molar-refractivity contribution in [1.82, 2.24) is 10.2 Å². The molecule has 45 heavy (non-hydrogen) atoms. The molecule has 1 atom stereocenters. The second kappa shape index (κ2) is 15.5. The van der Waals surface area contributed by atoms with Crippen molar-refractivity contribution in [1.29, 1.82) is 0 Å². The molecule has 0 fully saturated rings.